The fourth-order valence-electron chi connectivity index (χ4n) is 0.914. The third-order valence-corrected chi connectivity index (χ3v) is 1.47. The van der Waals surface area contributed by atoms with Crippen molar-refractivity contribution in [3.63, 3.8) is 0 Å². The van der Waals surface area contributed by atoms with Gasteiger partial charge in [-0.3, -0.25) is 4.79 Å². The SMILES string of the molecule is [C-]#[N+]Cc1cccc(C(N)=O)c1. The second-order valence-corrected chi connectivity index (χ2v) is 2.38. The Labute approximate surface area is 70.6 Å². The van der Waals surface area contributed by atoms with Gasteiger partial charge in [0.25, 0.3) is 0 Å². The van der Waals surface area contributed by atoms with E-state index >= 15 is 0 Å². The molecule has 0 radical (unpaired) electrons. The molecule has 0 unspecified atom stereocenters. The largest absolute Gasteiger partial charge is 0.366 e. The Morgan fingerprint density at radius 3 is 2.92 bits per heavy atom. The summed E-state index contributed by atoms with van der Waals surface area (Å²) in [5.41, 5.74) is 6.34. The molecule has 60 valence electrons. The summed E-state index contributed by atoms with van der Waals surface area (Å²) in [6.07, 6.45) is 0. The van der Waals surface area contributed by atoms with Crippen LogP contribution in [-0.4, -0.2) is 5.91 Å². The highest BCUT2D eigenvalue weighted by atomic mass is 16.1. The molecular formula is C9H8N2O. The minimum absolute atomic E-state index is 0.293. The van der Waals surface area contributed by atoms with Gasteiger partial charge in [-0.05, 0) is 12.1 Å². The predicted molar refractivity (Wildman–Crippen MR) is 45.3 cm³/mol. The van der Waals surface area contributed by atoms with Gasteiger partial charge in [-0.1, -0.05) is 12.1 Å². The lowest BCUT2D eigenvalue weighted by molar-refractivity contribution is 0.1000. The zero-order valence-electron chi connectivity index (χ0n) is 6.45. The van der Waals surface area contributed by atoms with E-state index in [9.17, 15) is 4.79 Å². The summed E-state index contributed by atoms with van der Waals surface area (Å²) in [7, 11) is 0. The van der Waals surface area contributed by atoms with Gasteiger partial charge in [0.05, 0.1) is 0 Å². The van der Waals surface area contributed by atoms with Crippen LogP contribution in [0.1, 0.15) is 15.9 Å². The number of rotatable bonds is 2. The Morgan fingerprint density at radius 1 is 1.58 bits per heavy atom. The third-order valence-electron chi connectivity index (χ3n) is 1.47. The maximum atomic E-state index is 10.7. The summed E-state index contributed by atoms with van der Waals surface area (Å²) in [6.45, 7) is 6.92. The molecule has 0 aliphatic carbocycles. The number of amides is 1. The number of benzene rings is 1. The van der Waals surface area contributed by atoms with Gasteiger partial charge in [-0.15, -0.1) is 0 Å². The van der Waals surface area contributed by atoms with E-state index < -0.39 is 5.91 Å². The maximum Gasteiger partial charge on any atom is 0.248 e. The van der Waals surface area contributed by atoms with Gasteiger partial charge in [0.1, 0.15) is 0 Å². The van der Waals surface area contributed by atoms with Gasteiger partial charge in [0, 0.05) is 11.1 Å². The number of nitrogens with zero attached hydrogens (tertiary/aromatic N) is 1. The van der Waals surface area contributed by atoms with Crippen LogP contribution in [0.3, 0.4) is 0 Å². The Balaban J connectivity index is 2.97. The van der Waals surface area contributed by atoms with Crippen molar-refractivity contribution < 1.29 is 4.79 Å². The van der Waals surface area contributed by atoms with E-state index in [4.69, 9.17) is 12.3 Å². The standard InChI is InChI=1S/C9H8N2O/c1-11-6-7-3-2-4-8(5-7)9(10)12/h2-5H,6H2,(H2,10,12). The lowest BCUT2D eigenvalue weighted by atomic mass is 10.1. The van der Waals surface area contributed by atoms with E-state index in [-0.39, 0.29) is 0 Å². The summed E-state index contributed by atoms with van der Waals surface area (Å²) >= 11 is 0. The van der Waals surface area contributed by atoms with Crippen LogP contribution >= 0.6 is 0 Å². The summed E-state index contributed by atoms with van der Waals surface area (Å²) in [5.74, 6) is -0.457. The molecule has 1 amide bonds. The van der Waals surface area contributed by atoms with Crippen LogP contribution in [0.2, 0.25) is 0 Å². The number of carbonyl (C=O) groups is 1. The fraction of sp³-hybridized carbons (Fsp3) is 0.111. The van der Waals surface area contributed by atoms with Crippen molar-refractivity contribution in [2.75, 3.05) is 0 Å². The Morgan fingerprint density at radius 2 is 2.33 bits per heavy atom. The second-order valence-electron chi connectivity index (χ2n) is 2.38. The van der Waals surface area contributed by atoms with Crippen LogP contribution in [0, 0.1) is 6.57 Å². The number of primary amides is 1. The molecule has 1 aromatic carbocycles. The van der Waals surface area contributed by atoms with E-state index in [1.165, 1.54) is 0 Å². The zero-order chi connectivity index (χ0) is 8.97. The molecule has 0 aliphatic rings. The molecule has 3 nitrogen and oxygen atoms in total. The van der Waals surface area contributed by atoms with Crippen LogP contribution < -0.4 is 5.73 Å². The molecule has 12 heavy (non-hydrogen) atoms. The number of nitrogens with two attached hydrogens (primary N) is 1. The molecule has 3 heteroatoms. The van der Waals surface area contributed by atoms with Crippen molar-refractivity contribution in [1.29, 1.82) is 0 Å². The first kappa shape index (κ1) is 8.28. The summed E-state index contributed by atoms with van der Waals surface area (Å²) in [5, 5.41) is 0. The van der Waals surface area contributed by atoms with Crippen LogP contribution in [0.5, 0.6) is 0 Å². The molecule has 1 aromatic rings. The average molecular weight is 160 g/mol. The Bertz CT molecular complexity index is 339. The van der Waals surface area contributed by atoms with Crippen molar-refractivity contribution >= 4 is 5.91 Å². The van der Waals surface area contributed by atoms with Gasteiger partial charge in [-0.2, -0.15) is 0 Å². The molecule has 0 saturated carbocycles. The van der Waals surface area contributed by atoms with Crippen LogP contribution in [0.4, 0.5) is 0 Å². The molecular weight excluding hydrogens is 152 g/mol. The monoisotopic (exact) mass is 160 g/mol. The average Bonchev–Trinajstić information content (AvgIpc) is 2.05. The first-order valence-corrected chi connectivity index (χ1v) is 3.46. The van der Waals surface area contributed by atoms with Gasteiger partial charge in [0.2, 0.25) is 12.5 Å². The lowest BCUT2D eigenvalue weighted by Gasteiger charge is -1.95. The predicted octanol–water partition coefficient (Wildman–Crippen LogP) is 1.20. The van der Waals surface area contributed by atoms with Gasteiger partial charge < -0.3 is 10.6 Å². The summed E-state index contributed by atoms with van der Waals surface area (Å²) in [4.78, 5) is 13.9. The topological polar surface area (TPSA) is 47.5 Å². The van der Waals surface area contributed by atoms with Gasteiger partial charge in [0.15, 0.2) is 0 Å². The highest BCUT2D eigenvalue weighted by Crippen LogP contribution is 2.05. The number of carbonyl (C=O) groups excluding carboxylic acids is 1. The Kier molecular flexibility index (Phi) is 2.44. The number of hydrogen-bond donors (Lipinski definition) is 1. The van der Waals surface area contributed by atoms with E-state index in [2.05, 4.69) is 4.85 Å². The molecule has 0 fully saturated rings. The molecule has 1 rings (SSSR count). The maximum absolute atomic E-state index is 10.7. The minimum atomic E-state index is -0.457. The second kappa shape index (κ2) is 3.54. The van der Waals surface area contributed by atoms with Crippen molar-refractivity contribution in [3.05, 3.63) is 46.8 Å². The van der Waals surface area contributed by atoms with Crippen LogP contribution in [0.15, 0.2) is 24.3 Å². The highest BCUT2D eigenvalue weighted by molar-refractivity contribution is 5.92. The summed E-state index contributed by atoms with van der Waals surface area (Å²) in [6, 6.07) is 6.79. The molecule has 0 aliphatic heterocycles. The van der Waals surface area contributed by atoms with E-state index in [1.54, 1.807) is 24.3 Å². The third kappa shape index (κ3) is 1.83. The first-order valence-electron chi connectivity index (χ1n) is 3.46. The van der Waals surface area contributed by atoms with Gasteiger partial charge >= 0.3 is 0 Å². The van der Waals surface area contributed by atoms with Crippen LogP contribution in [0.25, 0.3) is 4.85 Å². The minimum Gasteiger partial charge on any atom is -0.366 e. The number of hydrogen-bond acceptors (Lipinski definition) is 1. The van der Waals surface area contributed by atoms with E-state index in [0.29, 0.717) is 12.1 Å². The van der Waals surface area contributed by atoms with E-state index in [1.807, 2.05) is 0 Å². The normalized spacial score (nSPS) is 8.92. The Hall–Kier alpha value is -1.82. The fourth-order valence-corrected chi connectivity index (χ4v) is 0.914. The van der Waals surface area contributed by atoms with E-state index in [0.717, 1.165) is 5.56 Å². The lowest BCUT2D eigenvalue weighted by Crippen LogP contribution is -2.10. The molecule has 0 atom stereocenters. The van der Waals surface area contributed by atoms with Crippen molar-refractivity contribution in [2.24, 2.45) is 5.73 Å². The molecule has 0 aromatic heterocycles. The first-order chi connectivity index (χ1) is 5.74. The molecule has 0 saturated heterocycles. The van der Waals surface area contributed by atoms with Crippen molar-refractivity contribution in [2.45, 2.75) is 6.54 Å². The molecule has 0 spiro atoms. The zero-order valence-corrected chi connectivity index (χ0v) is 6.45. The van der Waals surface area contributed by atoms with Crippen LogP contribution in [-0.2, 0) is 6.54 Å². The molecule has 0 heterocycles. The molecule has 2 N–H and O–H groups in total. The quantitative estimate of drug-likeness (QED) is 0.649. The van der Waals surface area contributed by atoms with Gasteiger partial charge in [-0.25, -0.2) is 6.57 Å². The molecule has 0 bridgehead atoms. The summed E-state index contributed by atoms with van der Waals surface area (Å²) < 4.78 is 0. The highest BCUT2D eigenvalue weighted by Gasteiger charge is 2.01. The van der Waals surface area contributed by atoms with Crippen molar-refractivity contribution in [3.8, 4) is 0 Å². The van der Waals surface area contributed by atoms with Crippen molar-refractivity contribution in [1.82, 2.24) is 0 Å². The smallest absolute Gasteiger partial charge is 0.248 e.